The minimum atomic E-state index is -0.577. The molecular weight excluding hydrogens is 435 g/mol. The number of carbonyl (C=O) groups is 2. The van der Waals surface area contributed by atoms with Crippen molar-refractivity contribution in [3.8, 4) is 0 Å². The lowest BCUT2D eigenvalue weighted by atomic mass is 9.88. The molecule has 0 bridgehead atoms. The van der Waals surface area contributed by atoms with Crippen LogP contribution in [0.1, 0.15) is 56.3 Å². The van der Waals surface area contributed by atoms with Gasteiger partial charge in [-0.05, 0) is 68.9 Å². The van der Waals surface area contributed by atoms with Gasteiger partial charge in [-0.2, -0.15) is 0 Å². The first-order valence-electron chi connectivity index (χ1n) is 11.9. The molecule has 2 atom stereocenters. The normalized spacial score (nSPS) is 22.9. The molecule has 1 aliphatic carbocycles. The predicted octanol–water partition coefficient (Wildman–Crippen LogP) is 5.31. The fourth-order valence-corrected chi connectivity index (χ4v) is 5.17. The van der Waals surface area contributed by atoms with Gasteiger partial charge in [0.05, 0.1) is 12.6 Å². The summed E-state index contributed by atoms with van der Waals surface area (Å²) in [5.41, 5.74) is 2.29. The highest BCUT2D eigenvalue weighted by Gasteiger charge is 2.59. The van der Waals surface area contributed by atoms with E-state index < -0.39 is 11.7 Å². The van der Waals surface area contributed by atoms with Gasteiger partial charge in [0.15, 0.2) is 0 Å². The van der Waals surface area contributed by atoms with Gasteiger partial charge in [0.1, 0.15) is 17.5 Å². The molecule has 1 spiro atoms. The average molecular weight is 467 g/mol. The number of hydrogen-bond acceptors (Lipinski definition) is 4. The third-order valence-corrected chi connectivity index (χ3v) is 7.07. The van der Waals surface area contributed by atoms with Crippen molar-refractivity contribution in [2.24, 2.45) is 5.41 Å². The molecule has 0 radical (unpaired) electrons. The van der Waals surface area contributed by atoms with Crippen LogP contribution in [0, 0.1) is 11.2 Å². The van der Waals surface area contributed by atoms with E-state index in [1.165, 1.54) is 17.7 Å². The van der Waals surface area contributed by atoms with Crippen molar-refractivity contribution in [2.75, 3.05) is 19.6 Å². The molecule has 2 aromatic carbocycles. The van der Waals surface area contributed by atoms with Crippen molar-refractivity contribution in [1.82, 2.24) is 9.80 Å². The summed E-state index contributed by atoms with van der Waals surface area (Å²) < 4.78 is 25.3. The Morgan fingerprint density at radius 1 is 1.03 bits per heavy atom. The van der Waals surface area contributed by atoms with Gasteiger partial charge in [0.2, 0.25) is 0 Å². The largest absolute Gasteiger partial charge is 0.444 e. The summed E-state index contributed by atoms with van der Waals surface area (Å²) in [6.45, 7) is 6.92. The van der Waals surface area contributed by atoms with Crippen LogP contribution in [0.5, 0.6) is 0 Å². The number of ether oxygens (including phenoxy) is 2. The molecule has 2 aliphatic heterocycles. The molecule has 7 heteroatoms. The van der Waals surface area contributed by atoms with E-state index >= 15 is 0 Å². The molecule has 0 aromatic heterocycles. The number of hydrogen-bond donors (Lipinski definition) is 0. The van der Waals surface area contributed by atoms with Crippen LogP contribution in [-0.4, -0.2) is 53.3 Å². The van der Waals surface area contributed by atoms with Gasteiger partial charge in [0, 0.05) is 18.5 Å². The zero-order valence-electron chi connectivity index (χ0n) is 19.9. The molecule has 6 nitrogen and oxygen atoms in total. The lowest BCUT2D eigenvalue weighted by Gasteiger charge is -2.37. The van der Waals surface area contributed by atoms with Crippen LogP contribution in [0.3, 0.4) is 0 Å². The van der Waals surface area contributed by atoms with E-state index in [2.05, 4.69) is 6.07 Å². The first-order valence-corrected chi connectivity index (χ1v) is 11.9. The van der Waals surface area contributed by atoms with Crippen molar-refractivity contribution in [1.29, 1.82) is 0 Å². The van der Waals surface area contributed by atoms with Crippen molar-refractivity contribution in [3.05, 3.63) is 71.0 Å². The molecule has 1 saturated carbocycles. The lowest BCUT2D eigenvalue weighted by molar-refractivity contribution is 0.0215. The number of nitrogens with zero attached hydrogens (tertiary/aromatic N) is 2. The summed E-state index contributed by atoms with van der Waals surface area (Å²) in [5, 5.41) is 0. The maximum absolute atomic E-state index is 13.6. The van der Waals surface area contributed by atoms with Crippen molar-refractivity contribution in [2.45, 2.75) is 57.8 Å². The highest BCUT2D eigenvalue weighted by molar-refractivity contribution is 5.72. The molecule has 34 heavy (non-hydrogen) atoms. The highest BCUT2D eigenvalue weighted by Crippen LogP contribution is 2.54. The second-order valence-electron chi connectivity index (χ2n) is 10.7. The Hall–Kier alpha value is -3.09. The van der Waals surface area contributed by atoms with E-state index in [1.54, 1.807) is 21.9 Å². The van der Waals surface area contributed by atoms with Crippen molar-refractivity contribution in [3.63, 3.8) is 0 Å². The zero-order valence-corrected chi connectivity index (χ0v) is 19.9. The maximum atomic E-state index is 13.6. The van der Waals surface area contributed by atoms with Crippen LogP contribution in [0.15, 0.2) is 48.5 Å². The second kappa shape index (κ2) is 8.29. The molecule has 5 rings (SSSR count). The van der Waals surface area contributed by atoms with Crippen molar-refractivity contribution < 1.29 is 23.5 Å². The molecule has 3 aliphatic rings. The van der Waals surface area contributed by atoms with E-state index in [1.807, 2.05) is 39.0 Å². The fraction of sp³-hybridized carbons (Fsp3) is 0.481. The average Bonchev–Trinajstić information content (AvgIpc) is 3.48. The van der Waals surface area contributed by atoms with E-state index in [9.17, 15) is 14.0 Å². The van der Waals surface area contributed by atoms with Gasteiger partial charge < -0.3 is 14.4 Å². The van der Waals surface area contributed by atoms with Gasteiger partial charge in [-0.15, -0.1) is 0 Å². The second-order valence-corrected chi connectivity index (χ2v) is 10.7. The number of likely N-dealkylation sites (tertiary alicyclic amines) is 1. The van der Waals surface area contributed by atoms with Gasteiger partial charge in [0.25, 0.3) is 0 Å². The molecule has 2 heterocycles. The number of amides is 2. The Balaban J connectivity index is 1.36. The third-order valence-electron chi connectivity index (χ3n) is 7.07. The third kappa shape index (κ3) is 4.36. The fourth-order valence-electron chi connectivity index (χ4n) is 5.17. The summed E-state index contributed by atoms with van der Waals surface area (Å²) in [7, 11) is 0. The zero-order chi connectivity index (χ0) is 24.1. The summed E-state index contributed by atoms with van der Waals surface area (Å²) >= 11 is 0. The Labute approximate surface area is 199 Å². The van der Waals surface area contributed by atoms with Gasteiger partial charge in [-0.3, -0.25) is 4.90 Å². The lowest BCUT2D eigenvalue weighted by Crippen LogP contribution is -2.43. The molecule has 2 aromatic rings. The van der Waals surface area contributed by atoms with Crippen LogP contribution < -0.4 is 0 Å². The molecule has 0 N–H and O–H groups in total. The number of halogens is 1. The minimum absolute atomic E-state index is 0.175. The minimum Gasteiger partial charge on any atom is -0.444 e. The Bertz CT molecular complexity index is 1090. The summed E-state index contributed by atoms with van der Waals surface area (Å²) in [6, 6.07) is 14.0. The van der Waals surface area contributed by atoms with E-state index in [0.29, 0.717) is 19.6 Å². The van der Waals surface area contributed by atoms with Crippen molar-refractivity contribution >= 4 is 12.2 Å². The first-order chi connectivity index (χ1) is 16.2. The molecule has 2 amide bonds. The standard InChI is InChI=1S/C27H31FN2O4/c1-26(2,3)34-24(31)29-16-22(27(17-29)13-14-27)33-25(32)30-15-12-18-6-4-5-7-21(18)23(30)19-8-10-20(28)11-9-19/h4-11,22-23H,12-17H2,1-3H3/t22?,23-/m0/s1. The van der Waals surface area contributed by atoms with E-state index in [0.717, 1.165) is 30.4 Å². The smallest absolute Gasteiger partial charge is 0.410 e. The molecule has 1 unspecified atom stereocenters. The maximum Gasteiger partial charge on any atom is 0.410 e. The molecule has 180 valence electrons. The number of rotatable bonds is 2. The van der Waals surface area contributed by atoms with Gasteiger partial charge in [-0.1, -0.05) is 36.4 Å². The number of fused-ring (bicyclic) bond motifs is 1. The summed E-state index contributed by atoms with van der Waals surface area (Å²) in [6.07, 6.45) is 1.45. The number of benzene rings is 2. The SMILES string of the molecule is CC(C)(C)OC(=O)N1CC(OC(=O)N2CCc3ccccc3[C@@H]2c2ccc(F)cc2)C2(CC2)C1. The highest BCUT2D eigenvalue weighted by atomic mass is 19.1. The van der Waals surface area contributed by atoms with Gasteiger partial charge in [-0.25, -0.2) is 14.0 Å². The van der Waals surface area contributed by atoms with Crippen LogP contribution in [0.4, 0.5) is 14.0 Å². The van der Waals surface area contributed by atoms with Crippen LogP contribution in [0.25, 0.3) is 0 Å². The predicted molar refractivity (Wildman–Crippen MR) is 125 cm³/mol. The summed E-state index contributed by atoms with van der Waals surface area (Å²) in [5.74, 6) is -0.314. The quantitative estimate of drug-likeness (QED) is 0.602. The topological polar surface area (TPSA) is 59.1 Å². The Kier molecular flexibility index (Phi) is 5.53. The number of carbonyl (C=O) groups excluding carboxylic acids is 2. The van der Waals surface area contributed by atoms with Crippen LogP contribution in [-0.2, 0) is 15.9 Å². The Morgan fingerprint density at radius 2 is 1.74 bits per heavy atom. The molecular formula is C27H31FN2O4. The van der Waals surface area contributed by atoms with E-state index in [4.69, 9.17) is 9.47 Å². The summed E-state index contributed by atoms with van der Waals surface area (Å²) in [4.78, 5) is 29.6. The monoisotopic (exact) mass is 466 g/mol. The first kappa shape index (κ1) is 22.7. The molecule has 1 saturated heterocycles. The van der Waals surface area contributed by atoms with Crippen LogP contribution in [0.2, 0.25) is 0 Å². The van der Waals surface area contributed by atoms with E-state index in [-0.39, 0.29) is 29.5 Å². The molecule has 2 fully saturated rings. The van der Waals surface area contributed by atoms with Gasteiger partial charge >= 0.3 is 12.2 Å². The van der Waals surface area contributed by atoms with Crippen LogP contribution >= 0.6 is 0 Å². The Morgan fingerprint density at radius 3 is 2.41 bits per heavy atom.